The van der Waals surface area contributed by atoms with Gasteiger partial charge in [0, 0.05) is 18.6 Å². The van der Waals surface area contributed by atoms with E-state index in [1.807, 2.05) is 6.92 Å². The number of carboxylic acids is 1. The first-order valence-electron chi connectivity index (χ1n) is 6.05. The summed E-state index contributed by atoms with van der Waals surface area (Å²) in [5, 5.41) is 13.4. The van der Waals surface area contributed by atoms with E-state index in [2.05, 4.69) is 10.3 Å². The van der Waals surface area contributed by atoms with Gasteiger partial charge in [-0.05, 0) is 30.9 Å². The van der Waals surface area contributed by atoms with E-state index >= 15 is 0 Å². The average molecular weight is 249 g/mol. The number of nitrogens with one attached hydrogen (secondary N) is 1. The molecule has 0 saturated carbocycles. The molecule has 1 amide bonds. The van der Waals surface area contributed by atoms with Crippen LogP contribution in [-0.2, 0) is 9.59 Å². The lowest BCUT2D eigenvalue weighted by atomic mass is 9.98. The van der Waals surface area contributed by atoms with Crippen molar-refractivity contribution in [2.45, 2.75) is 32.6 Å². The zero-order valence-corrected chi connectivity index (χ0v) is 10.4. The summed E-state index contributed by atoms with van der Waals surface area (Å²) in [4.78, 5) is 26.3. The van der Waals surface area contributed by atoms with Gasteiger partial charge in [0.05, 0.1) is 0 Å². The van der Waals surface area contributed by atoms with E-state index in [0.717, 1.165) is 6.42 Å². The van der Waals surface area contributed by atoms with E-state index in [9.17, 15) is 14.7 Å². The fourth-order valence-electron chi connectivity index (χ4n) is 1.68. The second-order valence-electron chi connectivity index (χ2n) is 4.11. The Hall–Kier alpha value is -1.91. The molecular weight excluding hydrogens is 232 g/mol. The maximum Gasteiger partial charge on any atom is 0.225 e. The lowest BCUT2D eigenvalue weighted by molar-refractivity contribution is -0.312. The Labute approximate surface area is 106 Å². The van der Waals surface area contributed by atoms with Gasteiger partial charge in [-0.2, -0.15) is 0 Å². The van der Waals surface area contributed by atoms with Gasteiger partial charge in [0.15, 0.2) is 0 Å². The summed E-state index contributed by atoms with van der Waals surface area (Å²) in [6.45, 7) is 1.91. The van der Waals surface area contributed by atoms with Gasteiger partial charge in [-0.15, -0.1) is 0 Å². The summed E-state index contributed by atoms with van der Waals surface area (Å²) in [7, 11) is 0. The Kier molecular flexibility index (Phi) is 5.84. The molecule has 0 fully saturated rings. The second kappa shape index (κ2) is 7.42. The summed E-state index contributed by atoms with van der Waals surface area (Å²) in [6, 6.07) is 5.20. The molecule has 98 valence electrons. The van der Waals surface area contributed by atoms with Crippen molar-refractivity contribution in [3.8, 4) is 0 Å². The Morgan fingerprint density at radius 2 is 2.17 bits per heavy atom. The molecule has 1 aromatic rings. The third-order valence-electron chi connectivity index (χ3n) is 2.62. The van der Waals surface area contributed by atoms with Crippen molar-refractivity contribution in [2.24, 2.45) is 5.92 Å². The first-order valence-corrected chi connectivity index (χ1v) is 6.05. The van der Waals surface area contributed by atoms with Gasteiger partial charge in [-0.25, -0.2) is 4.98 Å². The van der Waals surface area contributed by atoms with Gasteiger partial charge in [-0.1, -0.05) is 19.4 Å². The Morgan fingerprint density at radius 1 is 1.39 bits per heavy atom. The van der Waals surface area contributed by atoms with Gasteiger partial charge < -0.3 is 15.2 Å². The molecule has 0 bridgehead atoms. The smallest absolute Gasteiger partial charge is 0.225 e. The lowest BCUT2D eigenvalue weighted by Crippen LogP contribution is -2.32. The highest BCUT2D eigenvalue weighted by molar-refractivity contribution is 5.89. The van der Waals surface area contributed by atoms with E-state index in [1.54, 1.807) is 24.4 Å². The highest BCUT2D eigenvalue weighted by atomic mass is 16.4. The summed E-state index contributed by atoms with van der Waals surface area (Å²) in [6.07, 6.45) is 3.35. The normalized spacial score (nSPS) is 11.8. The van der Waals surface area contributed by atoms with Gasteiger partial charge in [0.2, 0.25) is 5.91 Å². The zero-order valence-electron chi connectivity index (χ0n) is 10.4. The van der Waals surface area contributed by atoms with Crippen LogP contribution in [0.15, 0.2) is 24.4 Å². The van der Waals surface area contributed by atoms with Crippen LogP contribution in [0.5, 0.6) is 0 Å². The fourth-order valence-corrected chi connectivity index (χ4v) is 1.68. The average Bonchev–Trinajstić information content (AvgIpc) is 2.35. The van der Waals surface area contributed by atoms with E-state index in [1.165, 1.54) is 0 Å². The van der Waals surface area contributed by atoms with Crippen LogP contribution in [0.25, 0.3) is 0 Å². The molecule has 1 heterocycles. The second-order valence-corrected chi connectivity index (χ2v) is 4.11. The van der Waals surface area contributed by atoms with E-state index in [4.69, 9.17) is 0 Å². The minimum Gasteiger partial charge on any atom is -0.550 e. The molecule has 0 aliphatic rings. The van der Waals surface area contributed by atoms with Crippen molar-refractivity contribution >= 4 is 17.7 Å². The summed E-state index contributed by atoms with van der Waals surface area (Å²) < 4.78 is 0. The van der Waals surface area contributed by atoms with Crippen LogP contribution >= 0.6 is 0 Å². The fraction of sp³-hybridized carbons (Fsp3) is 0.462. The van der Waals surface area contributed by atoms with Gasteiger partial charge >= 0.3 is 0 Å². The van der Waals surface area contributed by atoms with Crippen LogP contribution in [0, 0.1) is 5.92 Å². The molecule has 1 atom stereocenters. The predicted octanol–water partition coefficient (Wildman–Crippen LogP) is 0.966. The minimum absolute atomic E-state index is 0.162. The van der Waals surface area contributed by atoms with Crippen LogP contribution < -0.4 is 10.4 Å². The van der Waals surface area contributed by atoms with Crippen molar-refractivity contribution in [2.75, 3.05) is 5.32 Å². The number of carbonyl (C=O) groups excluding carboxylic acids is 2. The number of hydrogen-bond acceptors (Lipinski definition) is 4. The number of aromatic nitrogens is 1. The highest BCUT2D eigenvalue weighted by Crippen LogP contribution is 2.13. The number of aliphatic carboxylic acids is 1. The summed E-state index contributed by atoms with van der Waals surface area (Å²) >= 11 is 0. The molecular formula is C13H17N2O3-. The Bertz CT molecular complexity index is 392. The van der Waals surface area contributed by atoms with Crippen molar-refractivity contribution in [3.63, 3.8) is 0 Å². The van der Waals surface area contributed by atoms with Crippen molar-refractivity contribution in [1.29, 1.82) is 0 Å². The highest BCUT2D eigenvalue weighted by Gasteiger charge is 2.11. The van der Waals surface area contributed by atoms with E-state index in [-0.39, 0.29) is 12.3 Å². The molecule has 0 aliphatic heterocycles. The minimum atomic E-state index is -1.08. The molecule has 18 heavy (non-hydrogen) atoms. The van der Waals surface area contributed by atoms with Crippen molar-refractivity contribution < 1.29 is 14.7 Å². The molecule has 1 rings (SSSR count). The topological polar surface area (TPSA) is 82.1 Å². The van der Waals surface area contributed by atoms with Crippen LogP contribution in [0.4, 0.5) is 5.82 Å². The number of amides is 1. The number of rotatable bonds is 7. The maximum absolute atomic E-state index is 11.6. The monoisotopic (exact) mass is 249 g/mol. The van der Waals surface area contributed by atoms with E-state index in [0.29, 0.717) is 18.7 Å². The molecule has 0 spiro atoms. The summed E-state index contributed by atoms with van der Waals surface area (Å²) in [5.41, 5.74) is 0. The van der Waals surface area contributed by atoms with Crippen LogP contribution in [0.2, 0.25) is 0 Å². The van der Waals surface area contributed by atoms with Crippen LogP contribution in [-0.4, -0.2) is 16.9 Å². The van der Waals surface area contributed by atoms with Crippen LogP contribution in [0.3, 0.4) is 0 Å². The van der Waals surface area contributed by atoms with Crippen LogP contribution in [0.1, 0.15) is 32.6 Å². The Balaban J connectivity index is 2.38. The SMILES string of the molecule is CCC[C@@H](CCC(=O)Nc1ccccn1)C(=O)[O-]. The standard InChI is InChI=1S/C13H18N2O3/c1-2-5-10(13(17)18)7-8-12(16)15-11-6-3-4-9-14-11/h3-4,6,9-10H,2,5,7-8H2,1H3,(H,17,18)(H,14,15,16)/p-1/t10-/m0/s1. The molecule has 0 unspecified atom stereocenters. The Morgan fingerprint density at radius 3 is 2.72 bits per heavy atom. The predicted molar refractivity (Wildman–Crippen MR) is 65.5 cm³/mol. The number of carbonyl (C=O) groups is 2. The molecule has 0 aliphatic carbocycles. The summed E-state index contributed by atoms with van der Waals surface area (Å²) in [5.74, 6) is -1.38. The van der Waals surface area contributed by atoms with E-state index < -0.39 is 11.9 Å². The van der Waals surface area contributed by atoms with Gasteiger partial charge in [0.1, 0.15) is 5.82 Å². The van der Waals surface area contributed by atoms with Gasteiger partial charge in [0.25, 0.3) is 0 Å². The molecule has 0 radical (unpaired) electrons. The quantitative estimate of drug-likeness (QED) is 0.780. The number of nitrogens with zero attached hydrogens (tertiary/aromatic N) is 1. The first kappa shape index (κ1) is 14.2. The lowest BCUT2D eigenvalue weighted by Gasteiger charge is -2.16. The molecule has 0 aromatic carbocycles. The molecule has 1 N–H and O–H groups in total. The molecule has 5 nitrogen and oxygen atoms in total. The van der Waals surface area contributed by atoms with Crippen molar-refractivity contribution in [3.05, 3.63) is 24.4 Å². The van der Waals surface area contributed by atoms with Gasteiger partial charge in [-0.3, -0.25) is 4.79 Å². The first-order chi connectivity index (χ1) is 8.63. The molecule has 0 saturated heterocycles. The number of hydrogen-bond donors (Lipinski definition) is 1. The molecule has 5 heteroatoms. The third kappa shape index (κ3) is 4.95. The number of anilines is 1. The largest absolute Gasteiger partial charge is 0.550 e. The zero-order chi connectivity index (χ0) is 13.4. The van der Waals surface area contributed by atoms with Crippen molar-refractivity contribution in [1.82, 2.24) is 4.98 Å². The maximum atomic E-state index is 11.6. The number of pyridine rings is 1. The third-order valence-corrected chi connectivity index (χ3v) is 2.62. The molecule has 1 aromatic heterocycles. The number of carboxylic acid groups (broad SMARTS) is 1.